The zero-order chi connectivity index (χ0) is 10.3. The third-order valence-electron chi connectivity index (χ3n) is 2.59. The second-order valence-electron chi connectivity index (χ2n) is 3.52. The van der Waals surface area contributed by atoms with E-state index in [2.05, 4.69) is 55.4 Å². The third kappa shape index (κ3) is 1.35. The molecule has 0 unspecified atom stereocenters. The Morgan fingerprint density at radius 3 is 3.13 bits per heavy atom. The van der Waals surface area contributed by atoms with Crippen LogP contribution in [0, 0.1) is 0 Å². The average molecular weight is 261 g/mol. The summed E-state index contributed by atoms with van der Waals surface area (Å²) in [5.41, 5.74) is 3.48. The second kappa shape index (κ2) is 3.35. The van der Waals surface area contributed by atoms with Gasteiger partial charge in [0, 0.05) is 34.3 Å². The van der Waals surface area contributed by atoms with Gasteiger partial charge in [0.1, 0.15) is 0 Å². The van der Waals surface area contributed by atoms with Crippen LogP contribution in [0.5, 0.6) is 0 Å². The number of aromatic nitrogens is 1. The maximum absolute atomic E-state index is 4.35. The fourth-order valence-electron chi connectivity index (χ4n) is 1.92. The van der Waals surface area contributed by atoms with Crippen molar-refractivity contribution in [3.63, 3.8) is 0 Å². The molecule has 0 amide bonds. The predicted octanol–water partition coefficient (Wildman–Crippen LogP) is 3.38. The Labute approximate surface area is 96.6 Å². The molecule has 0 spiro atoms. The molecule has 1 aromatic carbocycles. The lowest BCUT2D eigenvalue weighted by Crippen LogP contribution is -2.13. The van der Waals surface area contributed by atoms with E-state index in [9.17, 15) is 0 Å². The molecule has 2 aromatic rings. The molecule has 0 N–H and O–H groups in total. The molecule has 0 bridgehead atoms. The number of fused-ring (bicyclic) bond motifs is 3. The van der Waals surface area contributed by atoms with Crippen LogP contribution in [0.15, 0.2) is 36.5 Å². The Balaban J connectivity index is 2.41. The van der Waals surface area contributed by atoms with Gasteiger partial charge in [0.05, 0.1) is 11.2 Å². The first kappa shape index (κ1) is 8.92. The van der Waals surface area contributed by atoms with Gasteiger partial charge >= 0.3 is 0 Å². The molecule has 1 aliphatic rings. The zero-order valence-corrected chi connectivity index (χ0v) is 9.61. The zero-order valence-electron chi connectivity index (χ0n) is 8.02. The van der Waals surface area contributed by atoms with E-state index in [1.54, 1.807) is 0 Å². The van der Waals surface area contributed by atoms with E-state index < -0.39 is 0 Å². The summed E-state index contributed by atoms with van der Waals surface area (Å²) in [6.07, 6.45) is 6.12. The van der Waals surface area contributed by atoms with Gasteiger partial charge in [0.2, 0.25) is 0 Å². The van der Waals surface area contributed by atoms with Gasteiger partial charge in [0.15, 0.2) is 0 Å². The highest BCUT2D eigenvalue weighted by atomic mass is 79.9. The van der Waals surface area contributed by atoms with Gasteiger partial charge in [-0.2, -0.15) is 0 Å². The molecule has 0 atom stereocenters. The molecule has 3 rings (SSSR count). The number of hydrogen-bond donors (Lipinski definition) is 0. The predicted molar refractivity (Wildman–Crippen MR) is 67.1 cm³/mol. The molecule has 2 heterocycles. The lowest BCUT2D eigenvalue weighted by atomic mass is 10.0. The van der Waals surface area contributed by atoms with Crippen LogP contribution in [0.3, 0.4) is 0 Å². The molecular formula is C12H9BrN2. The minimum Gasteiger partial charge on any atom is -0.304 e. The Hall–Kier alpha value is -1.35. The lowest BCUT2D eigenvalue weighted by molar-refractivity contribution is 1.22. The molecule has 2 nitrogen and oxygen atoms in total. The fourth-order valence-corrected chi connectivity index (χ4v) is 2.49. The molecule has 0 radical (unpaired) electrons. The summed E-state index contributed by atoms with van der Waals surface area (Å²) >= 11 is 3.56. The van der Waals surface area contributed by atoms with Crippen molar-refractivity contribution in [3.8, 4) is 0 Å². The summed E-state index contributed by atoms with van der Waals surface area (Å²) in [4.78, 5) is 4.35. The Bertz CT molecular complexity index is 548. The van der Waals surface area contributed by atoms with E-state index in [0.29, 0.717) is 0 Å². The van der Waals surface area contributed by atoms with Gasteiger partial charge in [-0.25, -0.2) is 0 Å². The van der Waals surface area contributed by atoms with Crippen molar-refractivity contribution in [2.75, 3.05) is 10.5 Å². The first-order valence-corrected chi connectivity index (χ1v) is 5.55. The molecule has 74 valence electrons. The number of benzene rings is 1. The van der Waals surface area contributed by atoms with Crippen LogP contribution >= 0.6 is 16.1 Å². The fraction of sp³-hybridized carbons (Fsp3) is 0.0833. The Morgan fingerprint density at radius 2 is 2.20 bits per heavy atom. The molecule has 0 saturated carbocycles. The largest absolute Gasteiger partial charge is 0.304 e. The molecule has 3 heteroatoms. The molecule has 1 aromatic heterocycles. The summed E-state index contributed by atoms with van der Waals surface area (Å²) in [5, 5.41) is 1.19. The first-order chi connectivity index (χ1) is 7.36. The summed E-state index contributed by atoms with van der Waals surface area (Å²) in [6.45, 7) is 0.890. The number of halogens is 1. The maximum atomic E-state index is 4.35. The quantitative estimate of drug-likeness (QED) is 0.676. The van der Waals surface area contributed by atoms with Crippen LogP contribution in [0.1, 0.15) is 5.56 Å². The van der Waals surface area contributed by atoms with Crippen molar-refractivity contribution in [3.05, 3.63) is 42.1 Å². The van der Waals surface area contributed by atoms with E-state index in [-0.39, 0.29) is 0 Å². The van der Waals surface area contributed by atoms with E-state index in [1.807, 2.05) is 12.3 Å². The maximum Gasteiger partial charge on any atom is 0.0723 e. The number of anilines is 1. The summed E-state index contributed by atoms with van der Waals surface area (Å²) in [6, 6.07) is 8.25. The lowest BCUT2D eigenvalue weighted by Gasteiger charge is -2.22. The highest BCUT2D eigenvalue weighted by Crippen LogP contribution is 2.34. The van der Waals surface area contributed by atoms with Crippen molar-refractivity contribution in [1.82, 2.24) is 4.98 Å². The Morgan fingerprint density at radius 1 is 1.27 bits per heavy atom. The van der Waals surface area contributed by atoms with Gasteiger partial charge in [-0.3, -0.25) is 4.98 Å². The van der Waals surface area contributed by atoms with Gasteiger partial charge in [-0.1, -0.05) is 18.2 Å². The third-order valence-corrected chi connectivity index (χ3v) is 3.24. The molecule has 15 heavy (non-hydrogen) atoms. The van der Waals surface area contributed by atoms with Crippen LogP contribution < -0.4 is 3.93 Å². The number of pyridine rings is 1. The summed E-state index contributed by atoms with van der Waals surface area (Å²) in [5.74, 6) is 0. The van der Waals surface area contributed by atoms with E-state index >= 15 is 0 Å². The molecule has 0 fully saturated rings. The minimum atomic E-state index is 0.890. The van der Waals surface area contributed by atoms with Crippen molar-refractivity contribution in [2.45, 2.75) is 0 Å². The van der Waals surface area contributed by atoms with Gasteiger partial charge in [0.25, 0.3) is 0 Å². The van der Waals surface area contributed by atoms with Crippen molar-refractivity contribution >= 4 is 38.8 Å². The Kier molecular flexibility index (Phi) is 1.99. The molecule has 0 aliphatic carbocycles. The smallest absolute Gasteiger partial charge is 0.0723 e. The highest BCUT2D eigenvalue weighted by molar-refractivity contribution is 9.10. The average Bonchev–Trinajstić information content (AvgIpc) is 2.29. The van der Waals surface area contributed by atoms with E-state index in [0.717, 1.165) is 12.1 Å². The van der Waals surface area contributed by atoms with Gasteiger partial charge in [-0.05, 0) is 23.8 Å². The topological polar surface area (TPSA) is 16.1 Å². The first-order valence-electron chi connectivity index (χ1n) is 4.84. The van der Waals surface area contributed by atoms with Crippen molar-refractivity contribution in [2.24, 2.45) is 0 Å². The van der Waals surface area contributed by atoms with Gasteiger partial charge < -0.3 is 3.93 Å². The number of nitrogens with zero attached hydrogens (tertiary/aromatic N) is 2. The normalized spacial score (nSPS) is 14.3. The van der Waals surface area contributed by atoms with Crippen molar-refractivity contribution in [1.29, 1.82) is 0 Å². The summed E-state index contributed by atoms with van der Waals surface area (Å²) in [7, 11) is 0. The molecule has 0 saturated heterocycles. The van der Waals surface area contributed by atoms with Crippen LogP contribution in [0.4, 0.5) is 5.69 Å². The minimum absolute atomic E-state index is 0.890. The standard InChI is InChI=1S/C12H9BrN2/c13-15-8-2-3-9-5-6-11-10(12(9)15)4-1-7-14-11/h1-7H,8H2. The monoisotopic (exact) mass is 260 g/mol. The summed E-state index contributed by atoms with van der Waals surface area (Å²) < 4.78 is 2.08. The number of rotatable bonds is 0. The van der Waals surface area contributed by atoms with Crippen molar-refractivity contribution < 1.29 is 0 Å². The van der Waals surface area contributed by atoms with E-state index in [1.165, 1.54) is 16.6 Å². The molecule has 1 aliphatic heterocycles. The SMILES string of the molecule is BrN1CC=Cc2ccc3ncccc3c21. The molecular weight excluding hydrogens is 252 g/mol. The number of hydrogen-bond acceptors (Lipinski definition) is 2. The van der Waals surface area contributed by atoms with Crippen LogP contribution in [-0.4, -0.2) is 11.5 Å². The van der Waals surface area contributed by atoms with Gasteiger partial charge in [-0.15, -0.1) is 0 Å². The van der Waals surface area contributed by atoms with E-state index in [4.69, 9.17) is 0 Å². The highest BCUT2D eigenvalue weighted by Gasteiger charge is 2.14. The van der Waals surface area contributed by atoms with Crippen LogP contribution in [0.25, 0.3) is 17.0 Å². The van der Waals surface area contributed by atoms with Crippen LogP contribution in [0.2, 0.25) is 0 Å². The second-order valence-corrected chi connectivity index (χ2v) is 4.38. The van der Waals surface area contributed by atoms with Crippen LogP contribution in [-0.2, 0) is 0 Å².